The summed E-state index contributed by atoms with van der Waals surface area (Å²) in [6, 6.07) is 9.49. The Balaban J connectivity index is 2.40. The average Bonchev–Trinajstić information content (AvgIpc) is 2.85. The summed E-state index contributed by atoms with van der Waals surface area (Å²) in [6.07, 6.45) is 0.287. The number of imidazole rings is 1. The van der Waals surface area contributed by atoms with E-state index in [1.54, 1.807) is 13.8 Å². The average molecular weight is 281 g/mol. The van der Waals surface area contributed by atoms with E-state index in [9.17, 15) is 15.2 Å². The highest BCUT2D eigenvalue weighted by Gasteiger charge is 2.43. The molecule has 5 nitrogen and oxygen atoms in total. The van der Waals surface area contributed by atoms with Crippen molar-refractivity contribution in [2.24, 2.45) is 5.41 Å². The largest absolute Gasteiger partial charge is 0.396 e. The molecule has 0 spiro atoms. The second-order valence-corrected chi connectivity index (χ2v) is 5.48. The predicted octanol–water partition coefficient (Wildman–Crippen LogP) is 2.38. The molecule has 1 aromatic heterocycles. The number of allylic oxidation sites excluding steroid dienone is 2. The van der Waals surface area contributed by atoms with E-state index in [-0.39, 0.29) is 18.9 Å². The van der Waals surface area contributed by atoms with Crippen molar-refractivity contribution >= 4 is 22.5 Å². The molecular formula is C16H15N3O2. The zero-order chi connectivity index (χ0) is 15.2. The van der Waals surface area contributed by atoms with E-state index in [4.69, 9.17) is 0 Å². The van der Waals surface area contributed by atoms with Crippen molar-refractivity contribution in [2.45, 2.75) is 20.3 Å². The molecule has 21 heavy (non-hydrogen) atoms. The molecule has 1 N–H and O–H groups in total. The number of aliphatic hydroxyl groups excluding tert-OH is 1. The number of carbonyl (C=O) groups is 1. The number of nitrogens with zero attached hydrogens (tertiary/aromatic N) is 3. The number of aliphatic hydroxyl groups is 1. The summed E-state index contributed by atoms with van der Waals surface area (Å²) in [6.45, 7) is 3.44. The standard InChI is InChI=1S/C16H15N3O2/c1-10-11(9-17)14-18-12-5-3-4-6-13(12)19(14)15(21)16(10,2)7-8-20/h3-6,20H,7-8H2,1-2H3/t16-/m1/s1. The minimum Gasteiger partial charge on any atom is -0.396 e. The lowest BCUT2D eigenvalue weighted by Gasteiger charge is -2.33. The molecule has 0 saturated heterocycles. The molecule has 1 aliphatic rings. The van der Waals surface area contributed by atoms with E-state index in [1.165, 1.54) is 4.57 Å². The van der Waals surface area contributed by atoms with Crippen LogP contribution in [0.3, 0.4) is 0 Å². The van der Waals surface area contributed by atoms with Crippen molar-refractivity contribution in [2.75, 3.05) is 6.61 Å². The Kier molecular flexibility index (Phi) is 2.92. The number of hydrogen-bond acceptors (Lipinski definition) is 4. The molecule has 0 radical (unpaired) electrons. The summed E-state index contributed by atoms with van der Waals surface area (Å²) in [5, 5.41) is 18.8. The van der Waals surface area contributed by atoms with Crippen molar-refractivity contribution in [3.8, 4) is 6.07 Å². The Morgan fingerprint density at radius 2 is 2.14 bits per heavy atom. The molecule has 3 rings (SSSR count). The Morgan fingerprint density at radius 1 is 1.43 bits per heavy atom. The van der Waals surface area contributed by atoms with Gasteiger partial charge in [-0.15, -0.1) is 0 Å². The lowest BCUT2D eigenvalue weighted by atomic mass is 9.75. The van der Waals surface area contributed by atoms with Crippen LogP contribution in [-0.4, -0.2) is 27.2 Å². The van der Waals surface area contributed by atoms with E-state index in [1.807, 2.05) is 24.3 Å². The first kappa shape index (κ1) is 13.5. The summed E-state index contributed by atoms with van der Waals surface area (Å²) >= 11 is 0. The van der Waals surface area contributed by atoms with Crippen LogP contribution in [0.1, 0.15) is 30.9 Å². The highest BCUT2D eigenvalue weighted by molar-refractivity contribution is 6.03. The van der Waals surface area contributed by atoms with E-state index < -0.39 is 5.41 Å². The van der Waals surface area contributed by atoms with Crippen molar-refractivity contribution < 1.29 is 9.90 Å². The van der Waals surface area contributed by atoms with Crippen LogP contribution in [0.2, 0.25) is 0 Å². The normalized spacial score (nSPS) is 21.5. The third-order valence-corrected chi connectivity index (χ3v) is 4.39. The maximum Gasteiger partial charge on any atom is 0.243 e. The summed E-state index contributed by atoms with van der Waals surface area (Å²) in [5.74, 6) is 0.258. The first-order valence-corrected chi connectivity index (χ1v) is 6.79. The zero-order valence-corrected chi connectivity index (χ0v) is 11.9. The molecule has 0 fully saturated rings. The minimum absolute atomic E-state index is 0.111. The smallest absolute Gasteiger partial charge is 0.243 e. The quantitative estimate of drug-likeness (QED) is 0.916. The van der Waals surface area contributed by atoms with E-state index in [0.717, 1.165) is 0 Å². The molecule has 5 heteroatoms. The van der Waals surface area contributed by atoms with Gasteiger partial charge >= 0.3 is 0 Å². The van der Waals surface area contributed by atoms with Gasteiger partial charge in [0.1, 0.15) is 6.07 Å². The van der Waals surface area contributed by atoms with Gasteiger partial charge in [0.05, 0.1) is 22.0 Å². The topological polar surface area (TPSA) is 78.9 Å². The Hall–Kier alpha value is -2.45. The van der Waals surface area contributed by atoms with Crippen molar-refractivity contribution in [3.05, 3.63) is 35.7 Å². The van der Waals surface area contributed by atoms with Gasteiger partial charge in [0, 0.05) is 6.61 Å². The lowest BCUT2D eigenvalue weighted by molar-refractivity contribution is 0.0724. The number of fused-ring (bicyclic) bond motifs is 3. The van der Waals surface area contributed by atoms with Crippen molar-refractivity contribution in [1.29, 1.82) is 5.26 Å². The zero-order valence-electron chi connectivity index (χ0n) is 11.9. The third-order valence-electron chi connectivity index (χ3n) is 4.39. The number of para-hydroxylation sites is 2. The minimum atomic E-state index is -0.879. The molecule has 0 saturated carbocycles. The van der Waals surface area contributed by atoms with Gasteiger partial charge in [-0.25, -0.2) is 4.98 Å². The van der Waals surface area contributed by atoms with Crippen LogP contribution >= 0.6 is 0 Å². The van der Waals surface area contributed by atoms with E-state index in [2.05, 4.69) is 11.1 Å². The fourth-order valence-electron chi connectivity index (χ4n) is 2.90. The van der Waals surface area contributed by atoms with Crippen molar-refractivity contribution in [3.63, 3.8) is 0 Å². The fraction of sp³-hybridized carbons (Fsp3) is 0.312. The second kappa shape index (κ2) is 4.54. The molecule has 1 aliphatic heterocycles. The third kappa shape index (κ3) is 1.66. The second-order valence-electron chi connectivity index (χ2n) is 5.48. The van der Waals surface area contributed by atoms with Crippen LogP contribution in [0, 0.1) is 16.7 Å². The summed E-state index contributed by atoms with van der Waals surface area (Å²) in [5.41, 5.74) is 1.60. The number of aromatic nitrogens is 2. The van der Waals surface area contributed by atoms with Gasteiger partial charge in [0.25, 0.3) is 0 Å². The van der Waals surface area contributed by atoms with E-state index >= 15 is 0 Å². The molecule has 1 atom stereocenters. The number of rotatable bonds is 2. The molecule has 0 bridgehead atoms. The van der Waals surface area contributed by atoms with Gasteiger partial charge in [-0.05, 0) is 38.0 Å². The monoisotopic (exact) mass is 281 g/mol. The van der Waals surface area contributed by atoms with Gasteiger partial charge in [-0.2, -0.15) is 5.26 Å². The number of hydrogen-bond donors (Lipinski definition) is 1. The maximum absolute atomic E-state index is 12.9. The van der Waals surface area contributed by atoms with Gasteiger partial charge in [-0.1, -0.05) is 12.1 Å². The highest BCUT2D eigenvalue weighted by Crippen LogP contribution is 2.42. The molecule has 1 aromatic carbocycles. The molecule has 0 amide bonds. The van der Waals surface area contributed by atoms with Crippen LogP contribution in [-0.2, 0) is 0 Å². The molecule has 0 aliphatic carbocycles. The van der Waals surface area contributed by atoms with Gasteiger partial charge in [-0.3, -0.25) is 9.36 Å². The number of benzene rings is 1. The van der Waals surface area contributed by atoms with Crippen molar-refractivity contribution in [1.82, 2.24) is 9.55 Å². The Labute approximate surface area is 122 Å². The summed E-state index contributed by atoms with van der Waals surface area (Å²) < 4.78 is 1.51. The highest BCUT2D eigenvalue weighted by atomic mass is 16.3. The maximum atomic E-state index is 12.9. The van der Waals surface area contributed by atoms with Gasteiger partial charge < -0.3 is 5.11 Å². The number of carbonyl (C=O) groups excluding carboxylic acids is 1. The van der Waals surface area contributed by atoms with Crippen LogP contribution in [0.5, 0.6) is 0 Å². The van der Waals surface area contributed by atoms with Crippen LogP contribution in [0.4, 0.5) is 0 Å². The SMILES string of the molecule is CC1=C(C#N)c2nc3ccccc3n2C(=O)[C@]1(C)CCO. The molecular weight excluding hydrogens is 266 g/mol. The Bertz CT molecular complexity index is 826. The van der Waals surface area contributed by atoms with Crippen LogP contribution < -0.4 is 0 Å². The molecule has 106 valence electrons. The predicted molar refractivity (Wildman–Crippen MR) is 78.4 cm³/mol. The summed E-state index contributed by atoms with van der Waals surface area (Å²) in [4.78, 5) is 17.4. The van der Waals surface area contributed by atoms with E-state index in [0.29, 0.717) is 28.0 Å². The van der Waals surface area contributed by atoms with Crippen LogP contribution in [0.25, 0.3) is 16.6 Å². The Morgan fingerprint density at radius 3 is 2.81 bits per heavy atom. The summed E-state index contributed by atoms with van der Waals surface area (Å²) in [7, 11) is 0. The molecule has 0 unspecified atom stereocenters. The van der Waals surface area contributed by atoms with Gasteiger partial charge in [0.2, 0.25) is 5.91 Å². The fourth-order valence-corrected chi connectivity index (χ4v) is 2.90. The van der Waals surface area contributed by atoms with Crippen LogP contribution in [0.15, 0.2) is 29.8 Å². The first-order valence-electron chi connectivity index (χ1n) is 6.79. The number of nitriles is 1. The lowest BCUT2D eigenvalue weighted by Crippen LogP contribution is -2.39. The molecule has 2 heterocycles. The van der Waals surface area contributed by atoms with Gasteiger partial charge in [0.15, 0.2) is 5.82 Å². The first-order chi connectivity index (χ1) is 10.0. The molecule has 2 aromatic rings.